The fourth-order valence-corrected chi connectivity index (χ4v) is 3.67. The van der Waals surface area contributed by atoms with Crippen molar-refractivity contribution in [3.8, 4) is 16.8 Å². The van der Waals surface area contributed by atoms with Gasteiger partial charge in [0.2, 0.25) is 0 Å². The van der Waals surface area contributed by atoms with E-state index in [-0.39, 0.29) is 11.5 Å². The predicted molar refractivity (Wildman–Crippen MR) is 120 cm³/mol. The number of benzene rings is 1. The van der Waals surface area contributed by atoms with Gasteiger partial charge in [-0.05, 0) is 30.3 Å². The van der Waals surface area contributed by atoms with Crippen LogP contribution < -0.4 is 0 Å². The lowest BCUT2D eigenvalue weighted by Crippen LogP contribution is -2.07. The Balaban J connectivity index is 1.56. The number of hydrogen-bond acceptors (Lipinski definition) is 4. The minimum atomic E-state index is -0.565. The molecule has 0 saturated carbocycles. The Kier molecular flexibility index (Phi) is 4.86. The number of aromatic amines is 1. The SMILES string of the molecule is CC(C)c1ncc(-c2cnc3[nH]cc(C(=O)c4cccc(-n5cccc5)c4F)c3c2)cn1. The highest BCUT2D eigenvalue weighted by molar-refractivity contribution is 6.16. The number of ketones is 1. The summed E-state index contributed by atoms with van der Waals surface area (Å²) in [5, 5.41) is 0.617. The molecule has 0 atom stereocenters. The second-order valence-corrected chi connectivity index (χ2v) is 7.87. The van der Waals surface area contributed by atoms with Crippen LogP contribution in [0.15, 0.2) is 73.6 Å². The molecule has 1 aromatic carbocycles. The van der Waals surface area contributed by atoms with Crippen molar-refractivity contribution in [3.05, 3.63) is 96.3 Å². The first kappa shape index (κ1) is 19.8. The Bertz CT molecular complexity index is 1420. The second-order valence-electron chi connectivity index (χ2n) is 7.87. The van der Waals surface area contributed by atoms with Crippen molar-refractivity contribution in [1.82, 2.24) is 24.5 Å². The Morgan fingerprint density at radius 2 is 1.69 bits per heavy atom. The lowest BCUT2D eigenvalue weighted by molar-refractivity contribution is 0.103. The fourth-order valence-electron chi connectivity index (χ4n) is 3.67. The highest BCUT2D eigenvalue weighted by atomic mass is 19.1. The van der Waals surface area contributed by atoms with E-state index in [0.717, 1.165) is 17.0 Å². The van der Waals surface area contributed by atoms with Crippen molar-refractivity contribution in [2.24, 2.45) is 0 Å². The third kappa shape index (κ3) is 3.37. The molecule has 0 radical (unpaired) electrons. The molecular weight excluding hydrogens is 405 g/mol. The first-order valence-corrected chi connectivity index (χ1v) is 10.3. The van der Waals surface area contributed by atoms with Crippen LogP contribution in [0.2, 0.25) is 0 Å². The van der Waals surface area contributed by atoms with E-state index in [1.807, 2.05) is 19.9 Å². The monoisotopic (exact) mass is 425 g/mol. The quantitative estimate of drug-likeness (QED) is 0.388. The van der Waals surface area contributed by atoms with Gasteiger partial charge in [0, 0.05) is 65.2 Å². The van der Waals surface area contributed by atoms with Gasteiger partial charge in [0.05, 0.1) is 11.3 Å². The van der Waals surface area contributed by atoms with Gasteiger partial charge in [0.1, 0.15) is 11.5 Å². The molecule has 6 nitrogen and oxygen atoms in total. The zero-order valence-corrected chi connectivity index (χ0v) is 17.6. The summed E-state index contributed by atoms with van der Waals surface area (Å²) in [5.74, 6) is 0.0204. The number of hydrogen-bond donors (Lipinski definition) is 1. The van der Waals surface area contributed by atoms with Crippen molar-refractivity contribution in [2.75, 3.05) is 0 Å². The summed E-state index contributed by atoms with van der Waals surface area (Å²) in [6, 6.07) is 10.3. The smallest absolute Gasteiger partial charge is 0.198 e. The number of carbonyl (C=O) groups is 1. The molecule has 158 valence electrons. The van der Waals surface area contributed by atoms with Crippen LogP contribution >= 0.6 is 0 Å². The molecule has 0 unspecified atom stereocenters. The third-order valence-electron chi connectivity index (χ3n) is 5.40. The minimum Gasteiger partial charge on any atom is -0.345 e. The Hall–Kier alpha value is -4.13. The maximum atomic E-state index is 15.2. The summed E-state index contributed by atoms with van der Waals surface area (Å²) < 4.78 is 16.9. The number of nitrogens with one attached hydrogen (secondary N) is 1. The van der Waals surface area contributed by atoms with E-state index in [1.54, 1.807) is 66.0 Å². The third-order valence-corrected chi connectivity index (χ3v) is 5.40. The van der Waals surface area contributed by atoms with Crippen molar-refractivity contribution in [2.45, 2.75) is 19.8 Å². The molecule has 0 spiro atoms. The van der Waals surface area contributed by atoms with Crippen LogP contribution in [-0.2, 0) is 0 Å². The van der Waals surface area contributed by atoms with Crippen molar-refractivity contribution >= 4 is 16.8 Å². The molecule has 4 heterocycles. The van der Waals surface area contributed by atoms with Gasteiger partial charge in [0.15, 0.2) is 11.6 Å². The van der Waals surface area contributed by atoms with Gasteiger partial charge in [-0.25, -0.2) is 19.3 Å². The van der Waals surface area contributed by atoms with Gasteiger partial charge in [-0.15, -0.1) is 0 Å². The van der Waals surface area contributed by atoms with Crippen molar-refractivity contribution in [1.29, 1.82) is 0 Å². The number of nitrogens with zero attached hydrogens (tertiary/aromatic N) is 4. The summed E-state index contributed by atoms with van der Waals surface area (Å²) >= 11 is 0. The van der Waals surface area contributed by atoms with E-state index in [1.165, 1.54) is 6.07 Å². The summed E-state index contributed by atoms with van der Waals surface area (Å²) in [5.41, 5.74) is 2.82. The lowest BCUT2D eigenvalue weighted by Gasteiger charge is -2.09. The zero-order chi connectivity index (χ0) is 22.2. The van der Waals surface area contributed by atoms with Gasteiger partial charge >= 0.3 is 0 Å². The molecule has 32 heavy (non-hydrogen) atoms. The average Bonchev–Trinajstić information content (AvgIpc) is 3.49. The maximum Gasteiger partial charge on any atom is 0.198 e. The minimum absolute atomic E-state index is 0.00660. The van der Waals surface area contributed by atoms with E-state index >= 15 is 4.39 Å². The fraction of sp³-hybridized carbons (Fsp3) is 0.120. The van der Waals surface area contributed by atoms with Crippen molar-refractivity contribution < 1.29 is 9.18 Å². The number of fused-ring (bicyclic) bond motifs is 1. The number of H-pyrrole nitrogens is 1. The van der Waals surface area contributed by atoms with Gasteiger partial charge in [0.25, 0.3) is 0 Å². The lowest BCUT2D eigenvalue weighted by atomic mass is 10.0. The molecule has 0 saturated heterocycles. The maximum absolute atomic E-state index is 15.2. The molecule has 5 rings (SSSR count). The van der Waals surface area contributed by atoms with Crippen molar-refractivity contribution in [3.63, 3.8) is 0 Å². The van der Waals surface area contributed by atoms with Crippen LogP contribution in [0, 0.1) is 5.82 Å². The summed E-state index contributed by atoms with van der Waals surface area (Å²) in [7, 11) is 0. The number of rotatable bonds is 5. The van der Waals surface area contributed by atoms with Crippen LogP contribution in [0.25, 0.3) is 27.8 Å². The van der Waals surface area contributed by atoms with Crippen LogP contribution in [0.3, 0.4) is 0 Å². The van der Waals surface area contributed by atoms with E-state index in [4.69, 9.17) is 0 Å². The van der Waals surface area contributed by atoms with Crippen LogP contribution in [0.4, 0.5) is 4.39 Å². The standard InChI is InChI=1S/C25H20FN5O/c1-15(2)24-27-12-17(13-28-24)16-10-19-20(14-30-25(19)29-11-16)23(32)18-6-5-7-21(22(18)26)31-8-3-4-9-31/h3-15H,1-2H3,(H,29,30). The van der Waals surface area contributed by atoms with E-state index < -0.39 is 11.6 Å². The molecule has 0 aliphatic carbocycles. The molecule has 0 fully saturated rings. The normalized spacial score (nSPS) is 11.4. The number of aromatic nitrogens is 5. The molecule has 0 aliphatic rings. The summed E-state index contributed by atoms with van der Waals surface area (Å²) in [4.78, 5) is 29.6. The van der Waals surface area contributed by atoms with E-state index in [2.05, 4.69) is 19.9 Å². The van der Waals surface area contributed by atoms with Crippen LogP contribution in [-0.4, -0.2) is 30.3 Å². The molecule has 0 amide bonds. The highest BCUT2D eigenvalue weighted by Crippen LogP contribution is 2.27. The van der Waals surface area contributed by atoms with E-state index in [9.17, 15) is 4.79 Å². The first-order chi connectivity index (χ1) is 15.5. The Morgan fingerprint density at radius 1 is 0.969 bits per heavy atom. The second kappa shape index (κ2) is 7.85. The number of pyridine rings is 1. The number of halogens is 1. The van der Waals surface area contributed by atoms with Gasteiger partial charge < -0.3 is 9.55 Å². The summed E-state index contributed by atoms with van der Waals surface area (Å²) in [6.45, 7) is 4.06. The molecule has 5 aromatic rings. The molecule has 1 N–H and O–H groups in total. The van der Waals surface area contributed by atoms with Gasteiger partial charge in [-0.1, -0.05) is 19.9 Å². The zero-order valence-electron chi connectivity index (χ0n) is 17.6. The topological polar surface area (TPSA) is 76.5 Å². The average molecular weight is 425 g/mol. The Labute approximate surface area is 183 Å². The summed E-state index contributed by atoms with van der Waals surface area (Å²) in [6.07, 6.45) is 10.2. The van der Waals surface area contributed by atoms with E-state index in [0.29, 0.717) is 22.3 Å². The molecule has 4 aromatic heterocycles. The number of carbonyl (C=O) groups excluding carboxylic acids is 1. The molecule has 0 bridgehead atoms. The van der Waals surface area contributed by atoms with Crippen LogP contribution in [0.5, 0.6) is 0 Å². The molecule has 7 heteroatoms. The molecular formula is C25H20FN5O. The predicted octanol–water partition coefficient (Wildman–Crippen LogP) is 5.30. The van der Waals surface area contributed by atoms with Gasteiger partial charge in [-0.2, -0.15) is 0 Å². The largest absolute Gasteiger partial charge is 0.345 e. The molecule has 0 aliphatic heterocycles. The Morgan fingerprint density at radius 3 is 2.41 bits per heavy atom. The van der Waals surface area contributed by atoms with Gasteiger partial charge in [-0.3, -0.25) is 4.79 Å². The highest BCUT2D eigenvalue weighted by Gasteiger charge is 2.21. The van der Waals surface area contributed by atoms with Crippen LogP contribution in [0.1, 0.15) is 41.5 Å². The first-order valence-electron chi connectivity index (χ1n) is 10.3.